The monoisotopic (exact) mass is 416 g/mol. The fourth-order valence-electron chi connectivity index (χ4n) is 4.56. The smallest absolute Gasteiger partial charge is 0.231 e. The molecule has 162 valence electrons. The van der Waals surface area contributed by atoms with Crippen LogP contribution in [0.1, 0.15) is 58.6 Å². The van der Waals surface area contributed by atoms with Crippen LogP contribution in [-0.2, 0) is 9.59 Å². The molecule has 0 aromatic heterocycles. The van der Waals surface area contributed by atoms with Crippen molar-refractivity contribution in [3.8, 4) is 5.75 Å². The molecule has 2 amide bonds. The van der Waals surface area contributed by atoms with Crippen LogP contribution in [0.2, 0.25) is 0 Å². The summed E-state index contributed by atoms with van der Waals surface area (Å²) in [5, 5.41) is 3.07. The van der Waals surface area contributed by atoms with Gasteiger partial charge in [0.2, 0.25) is 11.8 Å². The lowest BCUT2D eigenvalue weighted by molar-refractivity contribution is -0.130. The van der Waals surface area contributed by atoms with Crippen LogP contribution in [0.25, 0.3) is 0 Å². The number of fused-ring (bicyclic) bond motifs is 1. The van der Waals surface area contributed by atoms with E-state index in [0.29, 0.717) is 37.1 Å². The molecule has 1 aromatic carbocycles. The maximum Gasteiger partial charge on any atom is 0.231 e. The summed E-state index contributed by atoms with van der Waals surface area (Å²) in [6.45, 7) is 8.03. The van der Waals surface area contributed by atoms with E-state index < -0.39 is 5.54 Å². The second-order valence-corrected chi connectivity index (χ2v) is 9.76. The van der Waals surface area contributed by atoms with Gasteiger partial charge in [0.1, 0.15) is 11.6 Å². The fourth-order valence-corrected chi connectivity index (χ4v) is 4.56. The molecule has 1 fully saturated rings. The van der Waals surface area contributed by atoms with E-state index >= 15 is 0 Å². The Kier molecular flexibility index (Phi) is 4.78. The SMILES string of the molecule is CC1C[C@H](NC(=O)C2C[C@]2(C)CN2C(=O)CC(C)(C)N=C2N)c2cc(F)ccc2O1. The highest BCUT2D eigenvalue weighted by atomic mass is 19.1. The number of benzene rings is 1. The number of carbonyl (C=O) groups is 2. The van der Waals surface area contributed by atoms with Crippen molar-refractivity contribution < 1.29 is 18.7 Å². The van der Waals surface area contributed by atoms with Gasteiger partial charge < -0.3 is 15.8 Å². The minimum Gasteiger partial charge on any atom is -0.490 e. The average Bonchev–Trinajstić information content (AvgIpc) is 3.30. The van der Waals surface area contributed by atoms with E-state index in [9.17, 15) is 14.0 Å². The molecular formula is C22H29FN4O3. The van der Waals surface area contributed by atoms with Crippen LogP contribution in [0.5, 0.6) is 5.75 Å². The van der Waals surface area contributed by atoms with Crippen LogP contribution in [0.3, 0.4) is 0 Å². The van der Waals surface area contributed by atoms with Crippen LogP contribution in [-0.4, -0.2) is 40.9 Å². The number of amides is 2. The minimum atomic E-state index is -0.499. The summed E-state index contributed by atoms with van der Waals surface area (Å²) < 4.78 is 19.5. The first-order valence-corrected chi connectivity index (χ1v) is 10.4. The number of nitrogens with one attached hydrogen (secondary N) is 1. The van der Waals surface area contributed by atoms with Gasteiger partial charge in [-0.1, -0.05) is 6.92 Å². The maximum absolute atomic E-state index is 13.8. The van der Waals surface area contributed by atoms with E-state index in [1.54, 1.807) is 6.07 Å². The van der Waals surface area contributed by atoms with Crippen molar-refractivity contribution in [3.05, 3.63) is 29.6 Å². The molecule has 1 saturated carbocycles. The molecule has 2 aliphatic heterocycles. The quantitative estimate of drug-likeness (QED) is 0.788. The molecule has 7 nitrogen and oxygen atoms in total. The average molecular weight is 416 g/mol. The third kappa shape index (κ3) is 3.87. The Morgan fingerprint density at radius 1 is 1.40 bits per heavy atom. The number of halogens is 1. The minimum absolute atomic E-state index is 0.0672. The van der Waals surface area contributed by atoms with Crippen molar-refractivity contribution in [3.63, 3.8) is 0 Å². The molecule has 3 N–H and O–H groups in total. The Morgan fingerprint density at radius 2 is 2.13 bits per heavy atom. The van der Waals surface area contributed by atoms with Gasteiger partial charge in [-0.05, 0) is 50.8 Å². The predicted molar refractivity (Wildman–Crippen MR) is 110 cm³/mol. The summed E-state index contributed by atoms with van der Waals surface area (Å²) in [5.74, 6) is 0.0668. The molecule has 0 radical (unpaired) electrons. The van der Waals surface area contributed by atoms with Crippen molar-refractivity contribution in [2.75, 3.05) is 6.54 Å². The summed E-state index contributed by atoms with van der Waals surface area (Å²) in [6.07, 6.45) is 1.45. The first-order chi connectivity index (χ1) is 14.0. The highest BCUT2D eigenvalue weighted by Crippen LogP contribution is 2.53. The third-order valence-electron chi connectivity index (χ3n) is 6.33. The number of hydrogen-bond acceptors (Lipinski definition) is 5. The van der Waals surface area contributed by atoms with Crippen LogP contribution in [0.15, 0.2) is 23.2 Å². The Balaban J connectivity index is 1.44. The standard InChI is InChI=1S/C22H29FN4O3/c1-12-7-16(14-8-13(23)5-6-17(14)30-12)25-19(29)15-9-22(15,4)11-27-18(28)10-21(2,3)26-20(27)24/h5-6,8,12,15-16H,7,9-11H2,1-4H3,(H2,24,26)(H,25,29)/t12?,15?,16-,22+/m0/s1. The van der Waals surface area contributed by atoms with E-state index in [4.69, 9.17) is 10.5 Å². The zero-order valence-electron chi connectivity index (χ0n) is 17.9. The van der Waals surface area contributed by atoms with Crippen LogP contribution >= 0.6 is 0 Å². The van der Waals surface area contributed by atoms with Gasteiger partial charge in [0.25, 0.3) is 0 Å². The molecule has 0 saturated heterocycles. The number of hydrogen-bond donors (Lipinski definition) is 2. The summed E-state index contributed by atoms with van der Waals surface area (Å²) >= 11 is 0. The molecule has 2 unspecified atom stereocenters. The van der Waals surface area contributed by atoms with Crippen LogP contribution in [0, 0.1) is 17.2 Å². The van der Waals surface area contributed by atoms with Crippen molar-refractivity contribution in [2.24, 2.45) is 22.1 Å². The first-order valence-electron chi connectivity index (χ1n) is 10.4. The largest absolute Gasteiger partial charge is 0.490 e. The van der Waals surface area contributed by atoms with Gasteiger partial charge in [0.15, 0.2) is 5.96 Å². The first kappa shape index (κ1) is 20.6. The summed E-state index contributed by atoms with van der Waals surface area (Å²) in [6, 6.07) is 4.08. The Hall–Kier alpha value is -2.64. The molecule has 2 heterocycles. The van der Waals surface area contributed by atoms with Gasteiger partial charge in [-0.2, -0.15) is 0 Å². The van der Waals surface area contributed by atoms with Gasteiger partial charge in [-0.3, -0.25) is 14.5 Å². The molecule has 4 atom stereocenters. The molecule has 8 heteroatoms. The predicted octanol–water partition coefficient (Wildman–Crippen LogP) is 2.51. The second kappa shape index (κ2) is 6.96. The molecule has 1 aromatic rings. The molecule has 30 heavy (non-hydrogen) atoms. The Bertz CT molecular complexity index is 931. The number of guanidine groups is 1. The van der Waals surface area contributed by atoms with Crippen molar-refractivity contribution >= 4 is 17.8 Å². The van der Waals surface area contributed by atoms with E-state index in [2.05, 4.69) is 10.3 Å². The van der Waals surface area contributed by atoms with Crippen LogP contribution in [0.4, 0.5) is 4.39 Å². The highest BCUT2D eigenvalue weighted by Gasteiger charge is 2.56. The summed E-state index contributed by atoms with van der Waals surface area (Å²) in [5.41, 5.74) is 5.84. The fraction of sp³-hybridized carbons (Fsp3) is 0.591. The van der Waals surface area contributed by atoms with E-state index in [-0.39, 0.29) is 47.1 Å². The van der Waals surface area contributed by atoms with Gasteiger partial charge in [0, 0.05) is 24.4 Å². The number of nitrogens with zero attached hydrogens (tertiary/aromatic N) is 2. The van der Waals surface area contributed by atoms with E-state index in [1.165, 1.54) is 17.0 Å². The lowest BCUT2D eigenvalue weighted by Gasteiger charge is -2.34. The molecule has 1 aliphatic carbocycles. The molecule has 3 aliphatic rings. The Morgan fingerprint density at radius 3 is 2.83 bits per heavy atom. The molecule has 0 bridgehead atoms. The number of rotatable bonds is 4. The lowest BCUT2D eigenvalue weighted by atomic mass is 9.96. The third-order valence-corrected chi connectivity index (χ3v) is 6.33. The van der Waals surface area contributed by atoms with E-state index in [1.807, 2.05) is 27.7 Å². The number of carbonyl (C=O) groups excluding carboxylic acids is 2. The number of aliphatic imine (C=N–C) groups is 1. The zero-order valence-corrected chi connectivity index (χ0v) is 17.9. The summed E-state index contributed by atoms with van der Waals surface area (Å²) in [7, 11) is 0. The van der Waals surface area contributed by atoms with Crippen molar-refractivity contribution in [1.82, 2.24) is 10.2 Å². The van der Waals surface area contributed by atoms with Crippen LogP contribution < -0.4 is 15.8 Å². The Labute approximate surface area is 175 Å². The summed E-state index contributed by atoms with van der Waals surface area (Å²) in [4.78, 5) is 31.4. The number of nitrogens with two attached hydrogens (primary N) is 1. The number of ether oxygens (including phenoxy) is 1. The van der Waals surface area contributed by atoms with Gasteiger partial charge in [-0.15, -0.1) is 0 Å². The molecular weight excluding hydrogens is 387 g/mol. The van der Waals surface area contributed by atoms with Gasteiger partial charge in [-0.25, -0.2) is 9.38 Å². The maximum atomic E-state index is 13.8. The normalized spacial score (nSPS) is 32.0. The highest BCUT2D eigenvalue weighted by molar-refractivity contribution is 5.99. The van der Waals surface area contributed by atoms with E-state index in [0.717, 1.165) is 0 Å². The molecule has 4 rings (SSSR count). The topological polar surface area (TPSA) is 97.0 Å². The van der Waals surface area contributed by atoms with Gasteiger partial charge in [0.05, 0.1) is 24.1 Å². The second-order valence-electron chi connectivity index (χ2n) is 9.76. The lowest BCUT2D eigenvalue weighted by Crippen LogP contribution is -2.52. The zero-order chi connectivity index (χ0) is 21.8. The van der Waals surface area contributed by atoms with Gasteiger partial charge >= 0.3 is 0 Å². The molecule has 0 spiro atoms. The van der Waals surface area contributed by atoms with Crippen molar-refractivity contribution in [1.29, 1.82) is 0 Å². The van der Waals surface area contributed by atoms with Crippen molar-refractivity contribution in [2.45, 2.75) is 64.6 Å².